The monoisotopic (exact) mass is 398 g/mol. The molecule has 1 amide bonds. The van der Waals surface area contributed by atoms with Gasteiger partial charge in [-0.15, -0.1) is 0 Å². The van der Waals surface area contributed by atoms with Crippen LogP contribution in [0.2, 0.25) is 10.0 Å². The van der Waals surface area contributed by atoms with Crippen LogP contribution in [-0.4, -0.2) is 36.5 Å². The van der Waals surface area contributed by atoms with Gasteiger partial charge < -0.3 is 15.4 Å². The van der Waals surface area contributed by atoms with E-state index in [1.807, 2.05) is 6.07 Å². The van der Waals surface area contributed by atoms with Gasteiger partial charge in [0.25, 0.3) is 0 Å². The van der Waals surface area contributed by atoms with Crippen LogP contribution in [0.5, 0.6) is 5.75 Å². The van der Waals surface area contributed by atoms with E-state index >= 15 is 0 Å². The highest BCUT2D eigenvalue weighted by molar-refractivity contribution is 6.42. The molecule has 2 aliphatic rings. The summed E-state index contributed by atoms with van der Waals surface area (Å²) in [6, 6.07) is 5.45. The van der Waals surface area contributed by atoms with Crippen molar-refractivity contribution in [3.8, 4) is 5.75 Å². The maximum Gasteiger partial charge on any atom is 0.220 e. The smallest absolute Gasteiger partial charge is 0.220 e. The minimum absolute atomic E-state index is 0.112. The number of nitrogens with two attached hydrogens (primary N) is 1. The molecule has 144 valence electrons. The Labute approximate surface area is 166 Å². The van der Waals surface area contributed by atoms with Crippen LogP contribution in [0.15, 0.2) is 18.2 Å². The lowest BCUT2D eigenvalue weighted by molar-refractivity contribution is -0.123. The normalized spacial score (nSPS) is 25.2. The fourth-order valence-electron chi connectivity index (χ4n) is 4.09. The topological polar surface area (TPSA) is 55.6 Å². The van der Waals surface area contributed by atoms with Crippen LogP contribution in [0, 0.1) is 11.8 Å². The summed E-state index contributed by atoms with van der Waals surface area (Å²) in [5.41, 5.74) is 5.41. The molecule has 1 saturated carbocycles. The molecule has 26 heavy (non-hydrogen) atoms. The quantitative estimate of drug-likeness (QED) is 0.765. The second kappa shape index (κ2) is 9.29. The summed E-state index contributed by atoms with van der Waals surface area (Å²) >= 11 is 12.0. The van der Waals surface area contributed by atoms with E-state index < -0.39 is 0 Å². The Morgan fingerprint density at radius 2 is 1.77 bits per heavy atom. The van der Waals surface area contributed by atoms with Crippen molar-refractivity contribution in [2.24, 2.45) is 17.6 Å². The highest BCUT2D eigenvalue weighted by Gasteiger charge is 2.26. The first kappa shape index (κ1) is 19.8. The second-order valence-electron chi connectivity index (χ2n) is 7.64. The molecule has 0 radical (unpaired) electrons. The predicted octanol–water partition coefficient (Wildman–Crippen LogP) is 4.52. The Morgan fingerprint density at radius 1 is 1.08 bits per heavy atom. The van der Waals surface area contributed by atoms with Crippen LogP contribution in [0.4, 0.5) is 0 Å². The van der Waals surface area contributed by atoms with Gasteiger partial charge in [-0.05, 0) is 69.5 Å². The highest BCUT2D eigenvalue weighted by Crippen LogP contribution is 2.31. The first-order valence-electron chi connectivity index (χ1n) is 9.64. The van der Waals surface area contributed by atoms with Crippen LogP contribution >= 0.6 is 23.2 Å². The molecule has 6 heteroatoms. The van der Waals surface area contributed by atoms with E-state index in [1.165, 1.54) is 6.42 Å². The maximum absolute atomic E-state index is 11.3. The number of hydrogen-bond acceptors (Lipinski definition) is 3. The number of likely N-dealkylation sites (tertiary alicyclic amines) is 1. The largest absolute Gasteiger partial charge is 0.490 e. The molecule has 4 nitrogen and oxygen atoms in total. The Hall–Kier alpha value is -0.970. The van der Waals surface area contributed by atoms with Crippen LogP contribution in [0.25, 0.3) is 0 Å². The van der Waals surface area contributed by atoms with Gasteiger partial charge in [-0.25, -0.2) is 0 Å². The average molecular weight is 399 g/mol. The van der Waals surface area contributed by atoms with Gasteiger partial charge in [-0.3, -0.25) is 4.79 Å². The summed E-state index contributed by atoms with van der Waals surface area (Å²) in [7, 11) is 0. The molecule has 3 rings (SSSR count). The van der Waals surface area contributed by atoms with Gasteiger partial charge in [0.2, 0.25) is 5.91 Å². The lowest BCUT2D eigenvalue weighted by atomic mass is 9.80. The van der Waals surface area contributed by atoms with E-state index in [1.54, 1.807) is 12.1 Å². The third-order valence-electron chi connectivity index (χ3n) is 5.83. The number of carbonyl (C=O) groups is 1. The first-order valence-corrected chi connectivity index (χ1v) is 10.4. The van der Waals surface area contributed by atoms with Crippen LogP contribution in [-0.2, 0) is 4.79 Å². The zero-order chi connectivity index (χ0) is 18.5. The summed E-state index contributed by atoms with van der Waals surface area (Å²) in [5, 5.41) is 1.09. The second-order valence-corrected chi connectivity index (χ2v) is 8.46. The molecule has 0 spiro atoms. The van der Waals surface area contributed by atoms with E-state index in [9.17, 15) is 4.79 Å². The van der Waals surface area contributed by atoms with Crippen molar-refractivity contribution in [1.82, 2.24) is 4.90 Å². The summed E-state index contributed by atoms with van der Waals surface area (Å²) in [6.07, 6.45) is 7.77. The van der Waals surface area contributed by atoms with E-state index in [2.05, 4.69) is 4.90 Å². The van der Waals surface area contributed by atoms with Gasteiger partial charge in [-0.1, -0.05) is 23.2 Å². The van der Waals surface area contributed by atoms with Gasteiger partial charge in [0.1, 0.15) is 11.9 Å². The molecule has 0 bridgehead atoms. The number of halogens is 2. The van der Waals surface area contributed by atoms with Gasteiger partial charge in [0, 0.05) is 25.1 Å². The number of primary amides is 1. The van der Waals surface area contributed by atoms with Crippen molar-refractivity contribution >= 4 is 29.1 Å². The molecule has 1 aliphatic heterocycles. The predicted molar refractivity (Wildman–Crippen MR) is 106 cm³/mol. The zero-order valence-corrected chi connectivity index (χ0v) is 16.6. The summed E-state index contributed by atoms with van der Waals surface area (Å²) in [5.74, 6) is 1.54. The molecular formula is C20H28Cl2N2O2. The number of piperidine rings is 1. The van der Waals surface area contributed by atoms with Crippen molar-refractivity contribution in [3.05, 3.63) is 28.2 Å². The number of ether oxygens (including phenoxy) is 1. The van der Waals surface area contributed by atoms with E-state index in [0.29, 0.717) is 10.0 Å². The van der Waals surface area contributed by atoms with E-state index in [0.717, 1.165) is 69.8 Å². The van der Waals surface area contributed by atoms with E-state index in [-0.39, 0.29) is 17.9 Å². The van der Waals surface area contributed by atoms with Gasteiger partial charge in [0.15, 0.2) is 0 Å². The molecule has 1 aromatic rings. The molecule has 1 aromatic carbocycles. The summed E-state index contributed by atoms with van der Waals surface area (Å²) in [6.45, 7) is 3.29. The van der Waals surface area contributed by atoms with Crippen molar-refractivity contribution in [3.63, 3.8) is 0 Å². The molecular weight excluding hydrogens is 371 g/mol. The number of amides is 1. The molecule has 1 heterocycles. The molecule has 2 N–H and O–H groups in total. The zero-order valence-electron chi connectivity index (χ0n) is 15.1. The average Bonchev–Trinajstić information content (AvgIpc) is 2.64. The Balaban J connectivity index is 1.35. The fourth-order valence-corrected chi connectivity index (χ4v) is 4.38. The highest BCUT2D eigenvalue weighted by atomic mass is 35.5. The number of nitrogens with zero attached hydrogens (tertiary/aromatic N) is 1. The molecule has 0 aromatic heterocycles. The minimum Gasteiger partial charge on any atom is -0.490 e. The van der Waals surface area contributed by atoms with Gasteiger partial charge in [0.05, 0.1) is 10.0 Å². The Bertz CT molecular complexity index is 610. The summed E-state index contributed by atoms with van der Waals surface area (Å²) in [4.78, 5) is 13.8. The standard InChI is InChI=1S/C20H28Cl2N2O2/c21-18-6-5-17(13-19(18)22)26-16-8-11-24(12-9-16)10-7-14-1-3-15(4-2-14)20(23)25/h5-6,13-16H,1-4,7-12H2,(H2,23,25). The van der Waals surface area contributed by atoms with E-state index in [4.69, 9.17) is 33.7 Å². The van der Waals surface area contributed by atoms with Gasteiger partial charge >= 0.3 is 0 Å². The van der Waals surface area contributed by atoms with Crippen LogP contribution in [0.3, 0.4) is 0 Å². The summed E-state index contributed by atoms with van der Waals surface area (Å²) < 4.78 is 6.05. The number of benzene rings is 1. The number of hydrogen-bond donors (Lipinski definition) is 1. The van der Waals surface area contributed by atoms with Crippen molar-refractivity contribution in [1.29, 1.82) is 0 Å². The molecule has 0 atom stereocenters. The molecule has 2 fully saturated rings. The number of carbonyl (C=O) groups excluding carboxylic acids is 1. The Kier molecular flexibility index (Phi) is 7.07. The lowest BCUT2D eigenvalue weighted by Crippen LogP contribution is -2.39. The maximum atomic E-state index is 11.3. The molecule has 0 unspecified atom stereocenters. The molecule has 1 saturated heterocycles. The Morgan fingerprint density at radius 3 is 2.38 bits per heavy atom. The third-order valence-corrected chi connectivity index (χ3v) is 6.57. The van der Waals surface area contributed by atoms with Crippen LogP contribution in [0.1, 0.15) is 44.9 Å². The first-order chi connectivity index (χ1) is 12.5. The number of rotatable bonds is 6. The van der Waals surface area contributed by atoms with Crippen molar-refractivity contribution < 1.29 is 9.53 Å². The lowest BCUT2D eigenvalue weighted by Gasteiger charge is -2.34. The SMILES string of the molecule is NC(=O)C1CCC(CCN2CCC(Oc3ccc(Cl)c(Cl)c3)CC2)CC1. The minimum atomic E-state index is -0.118. The third kappa shape index (κ3) is 5.51. The molecule has 1 aliphatic carbocycles. The fraction of sp³-hybridized carbons (Fsp3) is 0.650. The van der Waals surface area contributed by atoms with Crippen molar-refractivity contribution in [2.45, 2.75) is 51.0 Å². The van der Waals surface area contributed by atoms with Crippen molar-refractivity contribution in [2.75, 3.05) is 19.6 Å². The van der Waals surface area contributed by atoms with Crippen LogP contribution < -0.4 is 10.5 Å². The van der Waals surface area contributed by atoms with Gasteiger partial charge in [-0.2, -0.15) is 0 Å².